The normalized spacial score (nSPS) is 37.3. The van der Waals surface area contributed by atoms with Gasteiger partial charge >= 0.3 is 0 Å². The van der Waals surface area contributed by atoms with Gasteiger partial charge in [-0.25, -0.2) is 0 Å². The predicted octanol–water partition coefficient (Wildman–Crippen LogP) is 2.12. The maximum atomic E-state index is 5.52. The standard InChI is InChI=1S/C15H30N2O/c1-13-4-7-15(8-5-13,11-16-2)12-17(3)14-6-9-18-10-14/h13-14,16H,4-12H2,1-3H3. The third-order valence-electron chi connectivity index (χ3n) is 5.00. The van der Waals surface area contributed by atoms with Gasteiger partial charge in [-0.3, -0.25) is 0 Å². The van der Waals surface area contributed by atoms with Gasteiger partial charge in [0, 0.05) is 25.7 Å². The summed E-state index contributed by atoms with van der Waals surface area (Å²) in [5.41, 5.74) is 0.499. The molecular formula is C15H30N2O. The molecule has 1 heterocycles. The summed E-state index contributed by atoms with van der Waals surface area (Å²) in [6, 6.07) is 0.651. The van der Waals surface area contributed by atoms with Crippen molar-refractivity contribution in [2.75, 3.05) is 40.4 Å². The maximum Gasteiger partial charge on any atom is 0.0622 e. The molecule has 0 aromatic rings. The van der Waals surface area contributed by atoms with Crippen molar-refractivity contribution in [2.45, 2.75) is 45.1 Å². The summed E-state index contributed by atoms with van der Waals surface area (Å²) in [7, 11) is 4.38. The quantitative estimate of drug-likeness (QED) is 0.813. The van der Waals surface area contributed by atoms with E-state index in [0.29, 0.717) is 11.5 Å². The van der Waals surface area contributed by atoms with Crippen LogP contribution in [0.1, 0.15) is 39.0 Å². The molecule has 0 aromatic carbocycles. The van der Waals surface area contributed by atoms with E-state index >= 15 is 0 Å². The van der Waals surface area contributed by atoms with Crippen molar-refractivity contribution in [1.82, 2.24) is 10.2 Å². The highest BCUT2D eigenvalue weighted by atomic mass is 16.5. The molecule has 2 rings (SSSR count). The van der Waals surface area contributed by atoms with E-state index < -0.39 is 0 Å². The first-order chi connectivity index (χ1) is 8.65. The fraction of sp³-hybridized carbons (Fsp3) is 1.00. The van der Waals surface area contributed by atoms with Crippen LogP contribution in [0.3, 0.4) is 0 Å². The second-order valence-electron chi connectivity index (χ2n) is 6.65. The van der Waals surface area contributed by atoms with E-state index in [4.69, 9.17) is 4.74 Å². The summed E-state index contributed by atoms with van der Waals surface area (Å²) in [5, 5.41) is 3.43. The number of nitrogens with zero attached hydrogens (tertiary/aromatic N) is 1. The Morgan fingerprint density at radius 2 is 2.00 bits per heavy atom. The Kier molecular flexibility index (Phi) is 5.05. The lowest BCUT2D eigenvalue weighted by Crippen LogP contribution is -2.47. The van der Waals surface area contributed by atoms with Crippen LogP contribution in [0.2, 0.25) is 0 Å². The Morgan fingerprint density at radius 3 is 2.56 bits per heavy atom. The summed E-state index contributed by atoms with van der Waals surface area (Å²) in [5.74, 6) is 0.926. The van der Waals surface area contributed by atoms with E-state index in [2.05, 4.69) is 31.2 Å². The third-order valence-corrected chi connectivity index (χ3v) is 5.00. The van der Waals surface area contributed by atoms with Crippen LogP contribution in [0.15, 0.2) is 0 Å². The van der Waals surface area contributed by atoms with Gasteiger partial charge in [0.2, 0.25) is 0 Å². The van der Waals surface area contributed by atoms with E-state index in [1.807, 2.05) is 0 Å². The average molecular weight is 254 g/mol. The summed E-state index contributed by atoms with van der Waals surface area (Å²) < 4.78 is 5.52. The zero-order chi connectivity index (χ0) is 13.0. The van der Waals surface area contributed by atoms with Gasteiger partial charge in [0.15, 0.2) is 0 Å². The van der Waals surface area contributed by atoms with Crippen LogP contribution in [0.4, 0.5) is 0 Å². The summed E-state index contributed by atoms with van der Waals surface area (Å²) in [4.78, 5) is 2.56. The van der Waals surface area contributed by atoms with Crippen LogP contribution >= 0.6 is 0 Å². The number of hydrogen-bond donors (Lipinski definition) is 1. The first kappa shape index (κ1) is 14.3. The van der Waals surface area contributed by atoms with Crippen molar-refractivity contribution >= 4 is 0 Å². The van der Waals surface area contributed by atoms with Gasteiger partial charge in [0.25, 0.3) is 0 Å². The van der Waals surface area contributed by atoms with Gasteiger partial charge in [-0.15, -0.1) is 0 Å². The highest BCUT2D eigenvalue weighted by molar-refractivity contribution is 4.90. The largest absolute Gasteiger partial charge is 0.380 e. The molecule has 0 radical (unpaired) electrons. The molecule has 1 aliphatic heterocycles. The first-order valence-electron chi connectivity index (χ1n) is 7.58. The van der Waals surface area contributed by atoms with Crippen molar-refractivity contribution < 1.29 is 4.74 Å². The molecule has 1 unspecified atom stereocenters. The number of nitrogens with one attached hydrogen (secondary N) is 1. The van der Waals surface area contributed by atoms with Gasteiger partial charge < -0.3 is 15.0 Å². The highest BCUT2D eigenvalue weighted by Gasteiger charge is 2.36. The Morgan fingerprint density at radius 1 is 1.28 bits per heavy atom. The molecule has 0 bridgehead atoms. The van der Waals surface area contributed by atoms with E-state index in [1.165, 1.54) is 38.6 Å². The van der Waals surface area contributed by atoms with Crippen molar-refractivity contribution in [2.24, 2.45) is 11.3 Å². The first-order valence-corrected chi connectivity index (χ1v) is 7.58. The van der Waals surface area contributed by atoms with Gasteiger partial charge in [0.1, 0.15) is 0 Å². The minimum Gasteiger partial charge on any atom is -0.380 e. The molecule has 2 aliphatic rings. The summed E-state index contributed by atoms with van der Waals surface area (Å²) in [6.45, 7) is 6.68. The van der Waals surface area contributed by atoms with Crippen LogP contribution in [0.5, 0.6) is 0 Å². The lowest BCUT2D eigenvalue weighted by atomic mass is 9.70. The number of hydrogen-bond acceptors (Lipinski definition) is 3. The summed E-state index contributed by atoms with van der Waals surface area (Å²) >= 11 is 0. The molecule has 1 saturated carbocycles. The topological polar surface area (TPSA) is 24.5 Å². The molecule has 0 aromatic heterocycles. The van der Waals surface area contributed by atoms with Crippen LogP contribution < -0.4 is 5.32 Å². The van der Waals surface area contributed by atoms with Crippen molar-refractivity contribution in [3.05, 3.63) is 0 Å². The third kappa shape index (κ3) is 3.46. The maximum absolute atomic E-state index is 5.52. The van der Waals surface area contributed by atoms with Gasteiger partial charge in [-0.2, -0.15) is 0 Å². The van der Waals surface area contributed by atoms with E-state index in [9.17, 15) is 0 Å². The second kappa shape index (κ2) is 6.36. The monoisotopic (exact) mass is 254 g/mol. The Labute approximate surface area is 112 Å². The molecule has 1 N–H and O–H groups in total. The van der Waals surface area contributed by atoms with Gasteiger partial charge in [0.05, 0.1) is 6.61 Å². The molecule has 1 saturated heterocycles. The lowest BCUT2D eigenvalue weighted by Gasteiger charge is -2.43. The fourth-order valence-electron chi connectivity index (χ4n) is 3.67. The SMILES string of the molecule is CNCC1(CN(C)C2CCOC2)CCC(C)CC1. The summed E-state index contributed by atoms with van der Waals surface area (Å²) in [6.07, 6.45) is 6.77. The molecular weight excluding hydrogens is 224 g/mol. The zero-order valence-electron chi connectivity index (χ0n) is 12.4. The second-order valence-corrected chi connectivity index (χ2v) is 6.65. The van der Waals surface area contributed by atoms with Gasteiger partial charge in [-0.05, 0) is 44.7 Å². The minimum atomic E-state index is 0.499. The van der Waals surface area contributed by atoms with Crippen LogP contribution in [-0.4, -0.2) is 51.3 Å². The molecule has 1 atom stereocenters. The average Bonchev–Trinajstić information content (AvgIpc) is 2.87. The van der Waals surface area contributed by atoms with E-state index in [1.54, 1.807) is 0 Å². The van der Waals surface area contributed by atoms with Crippen molar-refractivity contribution in [1.29, 1.82) is 0 Å². The van der Waals surface area contributed by atoms with Crippen molar-refractivity contribution in [3.63, 3.8) is 0 Å². The van der Waals surface area contributed by atoms with Crippen LogP contribution in [0, 0.1) is 11.3 Å². The van der Waals surface area contributed by atoms with E-state index in [0.717, 1.165) is 25.7 Å². The van der Waals surface area contributed by atoms with Gasteiger partial charge in [-0.1, -0.05) is 19.8 Å². The fourth-order valence-corrected chi connectivity index (χ4v) is 3.67. The number of likely N-dealkylation sites (N-methyl/N-ethyl adjacent to an activating group) is 1. The van der Waals surface area contributed by atoms with Crippen LogP contribution in [0.25, 0.3) is 0 Å². The smallest absolute Gasteiger partial charge is 0.0622 e. The minimum absolute atomic E-state index is 0.499. The molecule has 3 nitrogen and oxygen atoms in total. The zero-order valence-corrected chi connectivity index (χ0v) is 12.4. The molecule has 106 valence electrons. The van der Waals surface area contributed by atoms with E-state index in [-0.39, 0.29) is 0 Å². The predicted molar refractivity (Wildman–Crippen MR) is 75.8 cm³/mol. The Bertz CT molecular complexity index is 243. The number of rotatable bonds is 5. The molecule has 1 aliphatic carbocycles. The molecule has 0 amide bonds. The number of ether oxygens (including phenoxy) is 1. The van der Waals surface area contributed by atoms with Crippen LogP contribution in [-0.2, 0) is 4.74 Å². The molecule has 3 heteroatoms. The molecule has 0 spiro atoms. The Hall–Kier alpha value is -0.120. The van der Waals surface area contributed by atoms with Crippen molar-refractivity contribution in [3.8, 4) is 0 Å². The lowest BCUT2D eigenvalue weighted by molar-refractivity contribution is 0.0739. The molecule has 2 fully saturated rings. The Balaban J connectivity index is 1.92. The highest BCUT2D eigenvalue weighted by Crippen LogP contribution is 2.39. The molecule has 18 heavy (non-hydrogen) atoms.